The summed E-state index contributed by atoms with van der Waals surface area (Å²) in [5.41, 5.74) is 5.38. The van der Waals surface area contributed by atoms with Gasteiger partial charge in [0.25, 0.3) is 0 Å². The van der Waals surface area contributed by atoms with E-state index in [1.807, 2.05) is 0 Å². The monoisotopic (exact) mass is 555 g/mol. The van der Waals surface area contributed by atoms with Crippen LogP contribution in [0.2, 0.25) is 0 Å². The maximum absolute atomic E-state index is 12.7. The molecule has 0 aliphatic rings. The topological polar surface area (TPSA) is 26.3 Å². The lowest BCUT2D eigenvalue weighted by Gasteiger charge is -2.15. The second-order valence-corrected chi connectivity index (χ2v) is 12.3. The zero-order valence-corrected chi connectivity index (χ0v) is 27.8. The lowest BCUT2D eigenvalue weighted by Crippen LogP contribution is -2.16. The molecule has 1 atom stereocenters. The molecule has 0 aromatic heterocycles. The summed E-state index contributed by atoms with van der Waals surface area (Å²) in [5, 5.41) is 0. The molecule has 0 bridgehead atoms. The first kappa shape index (κ1) is 38.2. The van der Waals surface area contributed by atoms with Crippen molar-refractivity contribution in [1.29, 1.82) is 0 Å². The predicted molar refractivity (Wildman–Crippen MR) is 179 cm³/mol. The van der Waals surface area contributed by atoms with E-state index in [-0.39, 0.29) is 12.1 Å². The summed E-state index contributed by atoms with van der Waals surface area (Å²) in [5.74, 6) is -0.0495. The highest BCUT2D eigenvalue weighted by atomic mass is 16.5. The van der Waals surface area contributed by atoms with Crippen molar-refractivity contribution in [1.82, 2.24) is 0 Å². The molecule has 0 aliphatic heterocycles. The Balaban J connectivity index is 4.36. The average molecular weight is 555 g/mol. The van der Waals surface area contributed by atoms with Crippen molar-refractivity contribution in [3.63, 3.8) is 0 Å². The van der Waals surface area contributed by atoms with Crippen molar-refractivity contribution in [2.45, 2.75) is 177 Å². The molecule has 0 aromatic rings. The molecule has 0 fully saturated rings. The van der Waals surface area contributed by atoms with Crippen molar-refractivity contribution in [2.24, 2.45) is 0 Å². The van der Waals surface area contributed by atoms with Gasteiger partial charge < -0.3 is 4.74 Å². The van der Waals surface area contributed by atoms with Crippen LogP contribution in [0.3, 0.4) is 0 Å². The molecule has 0 spiro atoms. The minimum absolute atomic E-state index is 0.0495. The lowest BCUT2D eigenvalue weighted by molar-refractivity contribution is -0.146. The first-order valence-corrected chi connectivity index (χ1v) is 16.7. The molecule has 0 saturated carbocycles. The Morgan fingerprint density at radius 1 is 0.575 bits per heavy atom. The largest absolute Gasteiger partial charge is 0.458 e. The Labute approximate surface area is 250 Å². The molecule has 40 heavy (non-hydrogen) atoms. The SMILES string of the molecule is CCCCCCCC/C=C\CCCCCCCC(=O)OC(/C=C(\C)CCC=C(C)C)C/C=C(\C)CCC=C(C)C. The molecule has 0 amide bonds. The number of esters is 1. The van der Waals surface area contributed by atoms with Gasteiger partial charge in [-0.15, -0.1) is 0 Å². The Bertz CT molecular complexity index is 769. The lowest BCUT2D eigenvalue weighted by atomic mass is 10.0. The molecular formula is C38H66O2. The molecular weight excluding hydrogens is 488 g/mol. The van der Waals surface area contributed by atoms with E-state index in [4.69, 9.17) is 4.74 Å². The van der Waals surface area contributed by atoms with Crippen LogP contribution in [0.25, 0.3) is 0 Å². The zero-order chi connectivity index (χ0) is 29.8. The van der Waals surface area contributed by atoms with E-state index < -0.39 is 0 Å². The van der Waals surface area contributed by atoms with E-state index in [0.717, 1.165) is 44.9 Å². The molecule has 2 heteroatoms. The van der Waals surface area contributed by atoms with Crippen molar-refractivity contribution >= 4 is 5.97 Å². The van der Waals surface area contributed by atoms with Crippen LogP contribution < -0.4 is 0 Å². The minimum atomic E-state index is -0.166. The summed E-state index contributed by atoms with van der Waals surface area (Å²) in [7, 11) is 0. The van der Waals surface area contributed by atoms with E-state index in [0.29, 0.717) is 6.42 Å². The number of hydrogen-bond acceptors (Lipinski definition) is 2. The number of hydrogen-bond donors (Lipinski definition) is 0. The Morgan fingerprint density at radius 2 is 1.07 bits per heavy atom. The standard InChI is InChI=1S/C38H66O2/c1-8-9-10-11-12-13-14-15-16-17-18-19-20-21-22-29-38(39)40-37(32-36(7)28-24-26-34(4)5)31-30-35(6)27-23-25-33(2)3/h15-16,25-26,30,32,37H,8-14,17-24,27-29,31H2,1-7H3/b16-15-,35-30+,36-32+. The second-order valence-electron chi connectivity index (χ2n) is 12.3. The summed E-state index contributed by atoms with van der Waals surface area (Å²) in [6, 6.07) is 0. The third-order valence-electron chi connectivity index (χ3n) is 7.28. The molecule has 2 nitrogen and oxygen atoms in total. The molecule has 0 radical (unpaired) electrons. The second kappa shape index (κ2) is 27.3. The van der Waals surface area contributed by atoms with Gasteiger partial charge in [0.1, 0.15) is 6.10 Å². The first-order valence-electron chi connectivity index (χ1n) is 16.7. The maximum atomic E-state index is 12.7. The number of unbranched alkanes of at least 4 members (excludes halogenated alkanes) is 11. The highest BCUT2D eigenvalue weighted by Gasteiger charge is 2.12. The highest BCUT2D eigenvalue weighted by Crippen LogP contribution is 2.16. The van der Waals surface area contributed by atoms with Crippen LogP contribution in [0, 0.1) is 0 Å². The van der Waals surface area contributed by atoms with E-state index in [2.05, 4.69) is 84.9 Å². The van der Waals surface area contributed by atoms with Gasteiger partial charge in [-0.3, -0.25) is 4.79 Å². The number of carbonyl (C=O) groups excluding carboxylic acids is 1. The molecule has 230 valence electrons. The molecule has 0 rings (SSSR count). The number of carbonyl (C=O) groups is 1. The van der Waals surface area contributed by atoms with Crippen LogP contribution in [-0.4, -0.2) is 12.1 Å². The van der Waals surface area contributed by atoms with Crippen LogP contribution in [0.1, 0.15) is 170 Å². The van der Waals surface area contributed by atoms with Gasteiger partial charge >= 0.3 is 5.97 Å². The van der Waals surface area contributed by atoms with Crippen LogP contribution in [-0.2, 0) is 9.53 Å². The predicted octanol–water partition coefficient (Wildman–Crippen LogP) is 12.7. The summed E-state index contributed by atoms with van der Waals surface area (Å²) in [6.45, 7) is 15.2. The Morgan fingerprint density at radius 3 is 1.62 bits per heavy atom. The highest BCUT2D eigenvalue weighted by molar-refractivity contribution is 5.69. The Kier molecular flexibility index (Phi) is 26.1. The van der Waals surface area contributed by atoms with E-state index in [1.54, 1.807) is 0 Å². The fourth-order valence-corrected chi connectivity index (χ4v) is 4.72. The molecule has 1 unspecified atom stereocenters. The molecule has 0 heterocycles. The van der Waals surface area contributed by atoms with Gasteiger partial charge in [0.15, 0.2) is 0 Å². The van der Waals surface area contributed by atoms with Crippen molar-refractivity contribution < 1.29 is 9.53 Å². The van der Waals surface area contributed by atoms with Gasteiger partial charge in [-0.25, -0.2) is 0 Å². The minimum Gasteiger partial charge on any atom is -0.458 e. The molecule has 0 N–H and O–H groups in total. The Hall–Kier alpha value is -1.83. The molecule has 0 aromatic carbocycles. The van der Waals surface area contributed by atoms with Gasteiger partial charge in [0, 0.05) is 12.8 Å². The summed E-state index contributed by atoms with van der Waals surface area (Å²) in [4.78, 5) is 12.7. The van der Waals surface area contributed by atoms with Gasteiger partial charge in [0.05, 0.1) is 0 Å². The summed E-state index contributed by atoms with van der Waals surface area (Å²) >= 11 is 0. The normalized spacial score (nSPS) is 13.0. The van der Waals surface area contributed by atoms with Gasteiger partial charge in [-0.1, -0.05) is 111 Å². The molecule has 0 saturated heterocycles. The number of ether oxygens (including phenoxy) is 1. The molecule has 0 aliphatic carbocycles. The fraction of sp³-hybridized carbons (Fsp3) is 0.711. The fourth-order valence-electron chi connectivity index (χ4n) is 4.72. The van der Waals surface area contributed by atoms with E-state index in [9.17, 15) is 4.79 Å². The van der Waals surface area contributed by atoms with E-state index in [1.165, 1.54) is 92.9 Å². The van der Waals surface area contributed by atoms with E-state index >= 15 is 0 Å². The average Bonchev–Trinajstić information content (AvgIpc) is 2.89. The third-order valence-corrected chi connectivity index (χ3v) is 7.28. The van der Waals surface area contributed by atoms with Gasteiger partial charge in [-0.2, -0.15) is 0 Å². The van der Waals surface area contributed by atoms with Crippen molar-refractivity contribution in [3.05, 3.63) is 58.7 Å². The van der Waals surface area contributed by atoms with Crippen molar-refractivity contribution in [3.8, 4) is 0 Å². The van der Waals surface area contributed by atoms with Gasteiger partial charge in [0.2, 0.25) is 0 Å². The van der Waals surface area contributed by atoms with Crippen LogP contribution >= 0.6 is 0 Å². The zero-order valence-electron chi connectivity index (χ0n) is 27.8. The number of allylic oxidation sites excluding steroid dienone is 8. The van der Waals surface area contributed by atoms with Crippen LogP contribution in [0.15, 0.2) is 58.7 Å². The third kappa shape index (κ3) is 27.7. The van der Waals surface area contributed by atoms with Crippen LogP contribution in [0.4, 0.5) is 0 Å². The van der Waals surface area contributed by atoms with Gasteiger partial charge in [-0.05, 0) is 105 Å². The van der Waals surface area contributed by atoms with Crippen LogP contribution in [0.5, 0.6) is 0 Å². The van der Waals surface area contributed by atoms with Crippen molar-refractivity contribution in [2.75, 3.05) is 0 Å². The smallest absolute Gasteiger partial charge is 0.306 e. The summed E-state index contributed by atoms with van der Waals surface area (Å²) < 4.78 is 5.96. The number of rotatable bonds is 25. The quantitative estimate of drug-likeness (QED) is 0.0637. The maximum Gasteiger partial charge on any atom is 0.306 e. The summed E-state index contributed by atoms with van der Waals surface area (Å²) in [6.07, 6.45) is 35.5. The first-order chi connectivity index (χ1) is 19.2.